The van der Waals surface area contributed by atoms with Crippen LogP contribution in [0.2, 0.25) is 10.0 Å². The quantitative estimate of drug-likeness (QED) is 0.554. The van der Waals surface area contributed by atoms with Gasteiger partial charge < -0.3 is 10.6 Å². The van der Waals surface area contributed by atoms with Crippen molar-refractivity contribution in [3.8, 4) is 0 Å². The Kier molecular flexibility index (Phi) is 6.72. The van der Waals surface area contributed by atoms with E-state index in [0.29, 0.717) is 21.4 Å². The number of hydrogen-bond donors (Lipinski definition) is 2. The zero-order valence-corrected chi connectivity index (χ0v) is 17.1. The molecule has 0 aromatic heterocycles. The summed E-state index contributed by atoms with van der Waals surface area (Å²) >= 11 is 12.9. The molecule has 0 bridgehead atoms. The van der Waals surface area contributed by atoms with Crippen LogP contribution < -0.4 is 10.6 Å². The fraction of sp³-hybridized carbons (Fsp3) is 0.158. The van der Waals surface area contributed by atoms with Crippen LogP contribution in [0.1, 0.15) is 18.9 Å². The summed E-state index contributed by atoms with van der Waals surface area (Å²) in [7, 11) is 0. The highest BCUT2D eigenvalue weighted by atomic mass is 35.5. The van der Waals surface area contributed by atoms with Crippen molar-refractivity contribution < 1.29 is 9.59 Å². The van der Waals surface area contributed by atoms with E-state index in [4.69, 9.17) is 23.2 Å². The van der Waals surface area contributed by atoms with Gasteiger partial charge >= 0.3 is 0 Å². The smallest absolute Gasteiger partial charge is 0.238 e. The van der Waals surface area contributed by atoms with Crippen molar-refractivity contribution in [3.05, 3.63) is 64.1 Å². The Bertz CT molecular complexity index is 943. The van der Waals surface area contributed by atoms with E-state index in [9.17, 15) is 9.59 Å². The third-order valence-electron chi connectivity index (χ3n) is 3.83. The zero-order valence-electron chi connectivity index (χ0n) is 14.8. The fourth-order valence-corrected chi connectivity index (χ4v) is 3.55. The molecule has 0 saturated carbocycles. The number of carbonyl (C=O) groups is 2. The molecule has 2 amide bonds. The fourth-order valence-electron chi connectivity index (χ4n) is 2.36. The van der Waals surface area contributed by atoms with E-state index in [1.807, 2.05) is 12.1 Å². The summed E-state index contributed by atoms with van der Waals surface area (Å²) in [5.74, 6) is -0.568. The summed E-state index contributed by atoms with van der Waals surface area (Å²) < 4.78 is 0. The van der Waals surface area contributed by atoms with Crippen LogP contribution in [0.25, 0.3) is 0 Å². The number of halogens is 2. The number of carbonyl (C=O) groups excluding carboxylic acids is 2. The molecule has 0 spiro atoms. The monoisotopic (exact) mass is 434 g/mol. The first-order chi connectivity index (χ1) is 13.4. The van der Waals surface area contributed by atoms with E-state index in [1.165, 1.54) is 0 Å². The molecule has 1 fully saturated rings. The molecule has 0 radical (unpaired) electrons. The predicted molar refractivity (Wildman–Crippen MR) is 115 cm³/mol. The van der Waals surface area contributed by atoms with E-state index in [-0.39, 0.29) is 23.4 Å². The minimum Gasteiger partial charge on any atom is -0.325 e. The average molecular weight is 435 g/mol. The topological polar surface area (TPSA) is 82.9 Å². The minimum absolute atomic E-state index is 0.0585. The molecule has 1 unspecified atom stereocenters. The Morgan fingerprint density at radius 3 is 2.36 bits per heavy atom. The van der Waals surface area contributed by atoms with Gasteiger partial charge in [0.05, 0.1) is 5.71 Å². The molecule has 6 nitrogen and oxygen atoms in total. The molecule has 2 aromatic rings. The van der Waals surface area contributed by atoms with E-state index in [0.717, 1.165) is 17.3 Å². The summed E-state index contributed by atoms with van der Waals surface area (Å²) in [6, 6.07) is 13.9. The summed E-state index contributed by atoms with van der Waals surface area (Å²) in [5, 5.41) is 14.5. The zero-order chi connectivity index (χ0) is 20.1. The van der Waals surface area contributed by atoms with E-state index in [1.54, 1.807) is 43.3 Å². The Labute approximate surface area is 176 Å². The summed E-state index contributed by atoms with van der Waals surface area (Å²) in [5.41, 5.74) is 2.13. The maximum atomic E-state index is 12.5. The number of rotatable bonds is 4. The van der Waals surface area contributed by atoms with Gasteiger partial charge in [-0.1, -0.05) is 47.1 Å². The lowest BCUT2D eigenvalue weighted by Gasteiger charge is -2.21. The molecule has 9 heteroatoms. The van der Waals surface area contributed by atoms with Gasteiger partial charge in [-0.2, -0.15) is 5.10 Å². The lowest BCUT2D eigenvalue weighted by Crippen LogP contribution is -2.41. The molecular formula is C19H16Cl2N4O2S. The number of hydrogen-bond acceptors (Lipinski definition) is 5. The van der Waals surface area contributed by atoms with E-state index < -0.39 is 5.25 Å². The number of thioether (sulfide) groups is 1. The molecule has 1 aliphatic rings. The predicted octanol–water partition coefficient (Wildman–Crippen LogP) is 4.33. The van der Waals surface area contributed by atoms with Crippen LogP contribution in [0.15, 0.2) is 58.7 Å². The molecule has 1 heterocycles. The van der Waals surface area contributed by atoms with Gasteiger partial charge in [-0.25, -0.2) is 0 Å². The molecule has 1 saturated heterocycles. The van der Waals surface area contributed by atoms with Crippen LogP contribution in [-0.4, -0.2) is 27.9 Å². The van der Waals surface area contributed by atoms with Crippen LogP contribution in [0.5, 0.6) is 0 Å². The second-order valence-electron chi connectivity index (χ2n) is 5.95. The number of amidine groups is 1. The van der Waals surface area contributed by atoms with Crippen LogP contribution in [-0.2, 0) is 9.59 Å². The average Bonchev–Trinajstić information content (AvgIpc) is 2.68. The summed E-state index contributed by atoms with van der Waals surface area (Å²) in [4.78, 5) is 24.5. The number of nitrogens with one attached hydrogen (secondary N) is 2. The Balaban J connectivity index is 1.69. The molecule has 1 aliphatic heterocycles. The standard InChI is InChI=1S/C19H16Cl2N4O2S/c1-11(12-2-4-13(20)5-3-12)24-25-19-23-17(26)10-16(28-19)18(27)22-15-8-6-14(21)7-9-15/h2-9,16H,10H2,1H3,(H,22,27)(H,23,25,26)/b24-11+. The van der Waals surface area contributed by atoms with Crippen molar-refractivity contribution in [1.29, 1.82) is 0 Å². The molecule has 144 valence electrons. The highest BCUT2D eigenvalue weighted by molar-refractivity contribution is 8.15. The van der Waals surface area contributed by atoms with Gasteiger partial charge in [-0.3, -0.25) is 9.59 Å². The number of anilines is 1. The van der Waals surface area contributed by atoms with Gasteiger partial charge in [-0.15, -0.1) is 5.10 Å². The first-order valence-electron chi connectivity index (χ1n) is 8.32. The van der Waals surface area contributed by atoms with Crippen molar-refractivity contribution >= 4 is 63.3 Å². The van der Waals surface area contributed by atoms with Gasteiger partial charge in [0.15, 0.2) is 5.17 Å². The van der Waals surface area contributed by atoms with Crippen LogP contribution in [0, 0.1) is 0 Å². The van der Waals surface area contributed by atoms with Crippen molar-refractivity contribution in [2.24, 2.45) is 10.2 Å². The SMILES string of the molecule is C/C(=N\N=C1NC(=O)CC(C(=O)Nc2ccc(Cl)cc2)S1)c1ccc(Cl)cc1. The highest BCUT2D eigenvalue weighted by Gasteiger charge is 2.30. The summed E-state index contributed by atoms with van der Waals surface area (Å²) in [6.45, 7) is 1.80. The lowest BCUT2D eigenvalue weighted by molar-refractivity contribution is -0.123. The van der Waals surface area contributed by atoms with Crippen molar-refractivity contribution in [1.82, 2.24) is 5.32 Å². The van der Waals surface area contributed by atoms with Gasteiger partial charge in [0, 0.05) is 22.2 Å². The van der Waals surface area contributed by atoms with Crippen LogP contribution in [0.4, 0.5) is 5.69 Å². The number of amides is 2. The Morgan fingerprint density at radius 1 is 1.11 bits per heavy atom. The Hall–Kier alpha value is -2.35. The second-order valence-corrected chi connectivity index (χ2v) is 8.02. The number of benzene rings is 2. The van der Waals surface area contributed by atoms with Gasteiger partial charge in [0.2, 0.25) is 11.8 Å². The number of nitrogens with zero attached hydrogens (tertiary/aromatic N) is 2. The summed E-state index contributed by atoms with van der Waals surface area (Å²) in [6.07, 6.45) is 0.0585. The third kappa shape index (κ3) is 5.58. The molecule has 2 aromatic carbocycles. The normalized spacial score (nSPS) is 18.7. The molecule has 28 heavy (non-hydrogen) atoms. The molecule has 0 aliphatic carbocycles. The maximum Gasteiger partial charge on any atom is 0.238 e. The largest absolute Gasteiger partial charge is 0.325 e. The first kappa shape index (κ1) is 20.4. The van der Waals surface area contributed by atoms with Gasteiger partial charge in [0.25, 0.3) is 0 Å². The molecule has 3 rings (SSSR count). The van der Waals surface area contributed by atoms with Crippen LogP contribution in [0.3, 0.4) is 0 Å². The van der Waals surface area contributed by atoms with Crippen LogP contribution >= 0.6 is 35.0 Å². The van der Waals surface area contributed by atoms with Gasteiger partial charge in [-0.05, 0) is 48.9 Å². The second kappa shape index (κ2) is 9.23. The minimum atomic E-state index is -0.603. The third-order valence-corrected chi connectivity index (χ3v) is 5.40. The van der Waals surface area contributed by atoms with Crippen molar-refractivity contribution in [3.63, 3.8) is 0 Å². The van der Waals surface area contributed by atoms with Crippen molar-refractivity contribution in [2.45, 2.75) is 18.6 Å². The van der Waals surface area contributed by atoms with E-state index in [2.05, 4.69) is 20.8 Å². The maximum absolute atomic E-state index is 12.5. The van der Waals surface area contributed by atoms with Gasteiger partial charge in [0.1, 0.15) is 5.25 Å². The molecule has 2 N–H and O–H groups in total. The lowest BCUT2D eigenvalue weighted by atomic mass is 10.1. The van der Waals surface area contributed by atoms with Crippen molar-refractivity contribution in [2.75, 3.05) is 5.32 Å². The molecular weight excluding hydrogens is 419 g/mol. The Morgan fingerprint density at radius 2 is 1.71 bits per heavy atom. The van der Waals surface area contributed by atoms with E-state index >= 15 is 0 Å². The highest BCUT2D eigenvalue weighted by Crippen LogP contribution is 2.23. The molecule has 1 atom stereocenters. The first-order valence-corrected chi connectivity index (χ1v) is 9.95.